The molecule has 0 aliphatic heterocycles. The molecule has 2 heterocycles. The topological polar surface area (TPSA) is 95.9 Å². The van der Waals surface area contributed by atoms with Crippen LogP contribution in [0.1, 0.15) is 0 Å². The lowest BCUT2D eigenvalue weighted by Gasteiger charge is -1.95. The highest BCUT2D eigenvalue weighted by Crippen LogP contribution is 2.16. The zero-order chi connectivity index (χ0) is 8.55. The third-order valence-electron chi connectivity index (χ3n) is 1.46. The van der Waals surface area contributed by atoms with Crippen LogP contribution in [0.15, 0.2) is 22.8 Å². The van der Waals surface area contributed by atoms with Gasteiger partial charge in [-0.25, -0.2) is 4.68 Å². The van der Waals surface area contributed by atoms with Gasteiger partial charge in [0.1, 0.15) is 0 Å². The van der Waals surface area contributed by atoms with Gasteiger partial charge in [-0.2, -0.15) is 0 Å². The Kier molecular flexibility index (Phi) is 1.26. The molecule has 2 rings (SSSR count). The average molecular weight is 165 g/mol. The molecule has 0 unspecified atom stereocenters. The Morgan fingerprint density at radius 3 is 2.75 bits per heavy atom. The molecule has 0 radical (unpaired) electrons. The summed E-state index contributed by atoms with van der Waals surface area (Å²) < 4.78 is 6.22. The van der Waals surface area contributed by atoms with Crippen molar-refractivity contribution in [1.29, 1.82) is 0 Å². The quantitative estimate of drug-likeness (QED) is 0.572. The van der Waals surface area contributed by atoms with Crippen LogP contribution in [0.3, 0.4) is 0 Å². The molecule has 0 aliphatic rings. The van der Waals surface area contributed by atoms with E-state index >= 15 is 0 Å². The third-order valence-corrected chi connectivity index (χ3v) is 1.46. The number of hydrogen-bond acceptors (Lipinski definition) is 5. The monoisotopic (exact) mass is 165 g/mol. The summed E-state index contributed by atoms with van der Waals surface area (Å²) in [4.78, 5) is 0. The fraction of sp³-hybridized carbons (Fsp3) is 0. The van der Waals surface area contributed by atoms with E-state index in [0.29, 0.717) is 11.6 Å². The number of nitrogens with two attached hydrogens (primary N) is 2. The smallest absolute Gasteiger partial charge is 0.241 e. The van der Waals surface area contributed by atoms with Crippen LogP contribution in [0.5, 0.6) is 0 Å². The van der Waals surface area contributed by atoms with E-state index in [0.717, 1.165) is 0 Å². The van der Waals surface area contributed by atoms with E-state index in [9.17, 15) is 0 Å². The van der Waals surface area contributed by atoms with Crippen LogP contribution in [0, 0.1) is 0 Å². The fourth-order valence-electron chi connectivity index (χ4n) is 0.877. The normalized spacial score (nSPS) is 10.3. The van der Waals surface area contributed by atoms with Crippen LogP contribution in [0.2, 0.25) is 0 Å². The van der Waals surface area contributed by atoms with Gasteiger partial charge in [-0.05, 0) is 12.1 Å². The van der Waals surface area contributed by atoms with E-state index in [1.54, 1.807) is 12.1 Å². The Balaban J connectivity index is 2.55. The summed E-state index contributed by atoms with van der Waals surface area (Å²) >= 11 is 0. The first kappa shape index (κ1) is 6.71. The van der Waals surface area contributed by atoms with Gasteiger partial charge in [0, 0.05) is 0 Å². The summed E-state index contributed by atoms with van der Waals surface area (Å²) in [5, 5.41) is 7.30. The van der Waals surface area contributed by atoms with Crippen molar-refractivity contribution in [3.05, 3.63) is 18.4 Å². The molecular weight excluding hydrogens is 158 g/mol. The van der Waals surface area contributed by atoms with Crippen LogP contribution >= 0.6 is 0 Å². The maximum absolute atomic E-state index is 5.50. The summed E-state index contributed by atoms with van der Waals surface area (Å²) in [6.45, 7) is 0. The van der Waals surface area contributed by atoms with Crippen molar-refractivity contribution in [2.45, 2.75) is 0 Å². The molecule has 0 saturated heterocycles. The van der Waals surface area contributed by atoms with E-state index < -0.39 is 0 Å². The van der Waals surface area contributed by atoms with Gasteiger partial charge < -0.3 is 16.0 Å². The van der Waals surface area contributed by atoms with Crippen molar-refractivity contribution in [2.24, 2.45) is 0 Å². The number of hydrogen-bond donors (Lipinski definition) is 2. The lowest BCUT2D eigenvalue weighted by Crippen LogP contribution is -2.13. The number of nitrogens with zero attached hydrogens (tertiary/aromatic N) is 3. The van der Waals surface area contributed by atoms with E-state index in [2.05, 4.69) is 10.2 Å². The minimum absolute atomic E-state index is 0.154. The predicted molar refractivity (Wildman–Crippen MR) is 42.3 cm³/mol. The minimum atomic E-state index is 0.154. The number of rotatable bonds is 1. The zero-order valence-corrected chi connectivity index (χ0v) is 6.14. The maximum Gasteiger partial charge on any atom is 0.241 e. The molecule has 6 nitrogen and oxygen atoms in total. The minimum Gasteiger partial charge on any atom is -0.461 e. The van der Waals surface area contributed by atoms with E-state index in [4.69, 9.17) is 16.0 Å². The number of anilines is 1. The van der Waals surface area contributed by atoms with Crippen LogP contribution in [0.25, 0.3) is 11.6 Å². The Hall–Kier alpha value is -1.98. The first-order chi connectivity index (χ1) is 5.79. The van der Waals surface area contributed by atoms with E-state index in [1.165, 1.54) is 10.9 Å². The SMILES string of the molecule is Nc1nnc(-c2ccco2)n1N. The van der Waals surface area contributed by atoms with Crippen molar-refractivity contribution in [2.75, 3.05) is 11.6 Å². The van der Waals surface area contributed by atoms with Gasteiger partial charge in [0.05, 0.1) is 6.26 Å². The van der Waals surface area contributed by atoms with Gasteiger partial charge in [-0.15, -0.1) is 10.2 Å². The summed E-state index contributed by atoms with van der Waals surface area (Å²) in [6.07, 6.45) is 1.53. The van der Waals surface area contributed by atoms with Crippen molar-refractivity contribution in [1.82, 2.24) is 14.9 Å². The van der Waals surface area contributed by atoms with Crippen molar-refractivity contribution < 1.29 is 4.42 Å². The molecule has 12 heavy (non-hydrogen) atoms. The summed E-state index contributed by atoms with van der Waals surface area (Å²) in [5.41, 5.74) is 5.37. The summed E-state index contributed by atoms with van der Waals surface area (Å²) in [5.74, 6) is 6.61. The molecule has 2 aromatic rings. The zero-order valence-electron chi connectivity index (χ0n) is 6.14. The fourth-order valence-corrected chi connectivity index (χ4v) is 0.877. The van der Waals surface area contributed by atoms with Gasteiger partial charge in [0.2, 0.25) is 11.8 Å². The average Bonchev–Trinajstić information content (AvgIpc) is 2.64. The molecular formula is C6H7N5O. The first-order valence-corrected chi connectivity index (χ1v) is 3.29. The van der Waals surface area contributed by atoms with Gasteiger partial charge in [-0.3, -0.25) is 0 Å². The Morgan fingerprint density at radius 1 is 1.42 bits per heavy atom. The molecule has 0 aromatic carbocycles. The standard InChI is InChI=1S/C6H7N5O/c7-6-10-9-5(11(6)8)4-2-1-3-12-4/h1-3H,8H2,(H2,7,10). The second-order valence-corrected chi connectivity index (χ2v) is 2.23. The van der Waals surface area contributed by atoms with Crippen molar-refractivity contribution >= 4 is 5.95 Å². The van der Waals surface area contributed by atoms with Crippen LogP contribution in [-0.4, -0.2) is 14.9 Å². The largest absolute Gasteiger partial charge is 0.461 e. The molecule has 0 bridgehead atoms. The molecule has 6 heteroatoms. The number of aromatic nitrogens is 3. The summed E-state index contributed by atoms with van der Waals surface area (Å²) in [6, 6.07) is 3.47. The van der Waals surface area contributed by atoms with Crippen LogP contribution in [-0.2, 0) is 0 Å². The molecule has 2 aromatic heterocycles. The van der Waals surface area contributed by atoms with Crippen LogP contribution in [0.4, 0.5) is 5.95 Å². The molecule has 0 spiro atoms. The Bertz CT molecular complexity index is 377. The highest BCUT2D eigenvalue weighted by Gasteiger charge is 2.10. The molecule has 0 atom stereocenters. The second-order valence-electron chi connectivity index (χ2n) is 2.23. The highest BCUT2D eigenvalue weighted by molar-refractivity contribution is 5.49. The second kappa shape index (κ2) is 2.26. The number of furan rings is 1. The van der Waals surface area contributed by atoms with Gasteiger partial charge in [0.25, 0.3) is 0 Å². The van der Waals surface area contributed by atoms with E-state index in [-0.39, 0.29) is 5.95 Å². The highest BCUT2D eigenvalue weighted by atomic mass is 16.3. The molecule has 0 fully saturated rings. The Labute approximate surface area is 67.8 Å². The van der Waals surface area contributed by atoms with Gasteiger partial charge in [-0.1, -0.05) is 0 Å². The summed E-state index contributed by atoms with van der Waals surface area (Å²) in [7, 11) is 0. The van der Waals surface area contributed by atoms with Gasteiger partial charge >= 0.3 is 0 Å². The third kappa shape index (κ3) is 0.815. The molecule has 0 saturated carbocycles. The van der Waals surface area contributed by atoms with Gasteiger partial charge in [0.15, 0.2) is 5.76 Å². The van der Waals surface area contributed by atoms with Crippen LogP contribution < -0.4 is 11.6 Å². The maximum atomic E-state index is 5.50. The number of nitrogen functional groups attached to an aromatic ring is 2. The van der Waals surface area contributed by atoms with Crippen molar-refractivity contribution in [3.63, 3.8) is 0 Å². The molecule has 4 N–H and O–H groups in total. The predicted octanol–water partition coefficient (Wildman–Crippen LogP) is -0.166. The lowest BCUT2D eigenvalue weighted by atomic mass is 10.4. The van der Waals surface area contributed by atoms with E-state index in [1.807, 2.05) is 0 Å². The molecule has 62 valence electrons. The van der Waals surface area contributed by atoms with Crippen molar-refractivity contribution in [3.8, 4) is 11.6 Å². The Morgan fingerprint density at radius 2 is 2.25 bits per heavy atom. The first-order valence-electron chi connectivity index (χ1n) is 3.29. The lowest BCUT2D eigenvalue weighted by molar-refractivity contribution is 0.575. The molecule has 0 amide bonds. The molecule has 0 aliphatic carbocycles.